The lowest BCUT2D eigenvalue weighted by Gasteiger charge is -2.45. The van der Waals surface area contributed by atoms with Crippen molar-refractivity contribution in [2.45, 2.75) is 38.6 Å². The lowest BCUT2D eigenvalue weighted by molar-refractivity contribution is -0.122. The lowest BCUT2D eigenvalue weighted by atomic mass is 9.80. The molecule has 8 heteroatoms. The predicted molar refractivity (Wildman–Crippen MR) is 141 cm³/mol. The molecule has 1 amide bonds. The fourth-order valence-corrected chi connectivity index (χ4v) is 5.61. The molecule has 4 rings (SSSR count). The van der Waals surface area contributed by atoms with Gasteiger partial charge in [0.25, 0.3) is 5.91 Å². The van der Waals surface area contributed by atoms with Gasteiger partial charge in [-0.25, -0.2) is 9.38 Å². The highest BCUT2D eigenvalue weighted by Gasteiger charge is 2.36. The third-order valence-electron chi connectivity index (χ3n) is 6.74. The number of halogens is 1. The molecular weight excluding hydrogens is 465 g/mol. The van der Waals surface area contributed by atoms with Crippen molar-refractivity contribution in [1.82, 2.24) is 4.90 Å². The summed E-state index contributed by atoms with van der Waals surface area (Å²) >= 11 is 1.25. The van der Waals surface area contributed by atoms with Gasteiger partial charge in [-0.05, 0) is 86.0 Å². The molecule has 186 valence electrons. The van der Waals surface area contributed by atoms with Gasteiger partial charge in [0.15, 0.2) is 5.17 Å². The summed E-state index contributed by atoms with van der Waals surface area (Å²) in [4.78, 5) is 22.1. The second-order valence-electron chi connectivity index (χ2n) is 9.56. The molecule has 1 unspecified atom stereocenters. The lowest BCUT2D eigenvalue weighted by Crippen LogP contribution is -2.45. The summed E-state index contributed by atoms with van der Waals surface area (Å²) in [6, 6.07) is 10.8. The quantitative estimate of drug-likeness (QED) is 0.472. The van der Waals surface area contributed by atoms with Gasteiger partial charge in [0.05, 0.1) is 30.9 Å². The van der Waals surface area contributed by atoms with Crippen molar-refractivity contribution in [3.8, 4) is 5.75 Å². The second-order valence-corrected chi connectivity index (χ2v) is 10.6. The van der Waals surface area contributed by atoms with Gasteiger partial charge in [0, 0.05) is 30.9 Å². The Morgan fingerprint density at radius 1 is 1.23 bits per heavy atom. The molecule has 0 radical (unpaired) electrons. The summed E-state index contributed by atoms with van der Waals surface area (Å²) in [5.74, 6) is 0.464. The minimum absolute atomic E-state index is 0.0508. The van der Waals surface area contributed by atoms with Crippen LogP contribution in [0.4, 0.5) is 15.8 Å². The zero-order chi connectivity index (χ0) is 25.3. The van der Waals surface area contributed by atoms with Crippen molar-refractivity contribution in [2.75, 3.05) is 39.3 Å². The minimum Gasteiger partial charge on any atom is -0.497 e. The van der Waals surface area contributed by atoms with Crippen molar-refractivity contribution < 1.29 is 18.7 Å². The molecular formula is C27H32FN3O3S. The molecule has 2 aromatic carbocycles. The fourth-order valence-electron chi connectivity index (χ4n) is 4.59. The molecule has 2 aromatic rings. The van der Waals surface area contributed by atoms with E-state index in [0.717, 1.165) is 23.4 Å². The zero-order valence-corrected chi connectivity index (χ0v) is 21.9. The minimum atomic E-state index is -0.342. The maximum Gasteiger partial charge on any atom is 0.266 e. The summed E-state index contributed by atoms with van der Waals surface area (Å²) in [5, 5.41) is 0.539. The number of benzene rings is 2. The number of hydrogen-bond acceptors (Lipinski definition) is 6. The average Bonchev–Trinajstić information content (AvgIpc) is 3.11. The van der Waals surface area contributed by atoms with E-state index in [2.05, 4.69) is 30.7 Å². The van der Waals surface area contributed by atoms with Gasteiger partial charge in [-0.15, -0.1) is 0 Å². The van der Waals surface area contributed by atoms with Crippen LogP contribution in [-0.2, 0) is 9.53 Å². The standard InChI is InChI=1S/C27H32FN3O3S/c1-17-16-27(2,3)30(4)23-15-22(28)18(13-21(17)23)14-24-25(32)31(11-12-33-5)26(35-24)29-19-7-9-20(34-6)10-8-19/h7-10,13-15,17H,11-12,16H2,1-6H3/b24-14+,29-26?. The van der Waals surface area contributed by atoms with E-state index in [-0.39, 0.29) is 23.2 Å². The normalized spacial score (nSPS) is 21.7. The summed E-state index contributed by atoms with van der Waals surface area (Å²) in [7, 11) is 5.20. The molecule has 0 aliphatic carbocycles. The van der Waals surface area contributed by atoms with E-state index in [1.54, 1.807) is 31.3 Å². The van der Waals surface area contributed by atoms with Crippen LogP contribution in [0.2, 0.25) is 0 Å². The number of amides is 1. The van der Waals surface area contributed by atoms with Crippen LogP contribution in [0, 0.1) is 5.82 Å². The molecule has 2 aliphatic rings. The summed E-state index contributed by atoms with van der Waals surface area (Å²) < 4.78 is 25.7. The number of carbonyl (C=O) groups excluding carboxylic acids is 1. The molecule has 2 heterocycles. The monoisotopic (exact) mass is 497 g/mol. The third kappa shape index (κ3) is 5.09. The first-order valence-corrected chi connectivity index (χ1v) is 12.5. The van der Waals surface area contributed by atoms with E-state index in [1.807, 2.05) is 37.4 Å². The second kappa shape index (κ2) is 10.0. The van der Waals surface area contributed by atoms with Crippen LogP contribution in [0.5, 0.6) is 5.75 Å². The van der Waals surface area contributed by atoms with Crippen molar-refractivity contribution in [3.05, 3.63) is 58.2 Å². The first-order chi connectivity index (χ1) is 16.6. The number of nitrogens with zero attached hydrogens (tertiary/aromatic N) is 3. The molecule has 0 aromatic heterocycles. The van der Waals surface area contributed by atoms with Gasteiger partial charge in [-0.2, -0.15) is 0 Å². The topological polar surface area (TPSA) is 54.4 Å². The van der Waals surface area contributed by atoms with Gasteiger partial charge in [0.2, 0.25) is 0 Å². The van der Waals surface area contributed by atoms with Crippen LogP contribution in [0.25, 0.3) is 6.08 Å². The van der Waals surface area contributed by atoms with E-state index >= 15 is 4.39 Å². The van der Waals surface area contributed by atoms with E-state index in [9.17, 15) is 4.79 Å². The van der Waals surface area contributed by atoms with Gasteiger partial charge in [0.1, 0.15) is 11.6 Å². The Morgan fingerprint density at radius 2 is 1.94 bits per heavy atom. The predicted octanol–water partition coefficient (Wildman–Crippen LogP) is 5.81. The van der Waals surface area contributed by atoms with Crippen LogP contribution in [0.1, 0.15) is 44.2 Å². The number of rotatable bonds is 6. The Labute approximate surface area is 210 Å². The van der Waals surface area contributed by atoms with Crippen molar-refractivity contribution in [3.63, 3.8) is 0 Å². The van der Waals surface area contributed by atoms with Crippen LogP contribution < -0.4 is 9.64 Å². The molecule has 0 saturated carbocycles. The first kappa shape index (κ1) is 25.3. The Bertz CT molecular complexity index is 1180. The Morgan fingerprint density at radius 3 is 2.60 bits per heavy atom. The Hall–Kier alpha value is -2.84. The van der Waals surface area contributed by atoms with E-state index in [0.29, 0.717) is 34.5 Å². The molecule has 0 spiro atoms. The number of methoxy groups -OCH3 is 2. The molecule has 35 heavy (non-hydrogen) atoms. The summed E-state index contributed by atoms with van der Waals surface area (Å²) in [6.07, 6.45) is 2.61. The molecule has 2 aliphatic heterocycles. The van der Waals surface area contributed by atoms with E-state index < -0.39 is 0 Å². The summed E-state index contributed by atoms with van der Waals surface area (Å²) in [6.45, 7) is 7.25. The van der Waals surface area contributed by atoms with Crippen LogP contribution in [-0.4, -0.2) is 55.9 Å². The first-order valence-electron chi connectivity index (χ1n) is 11.6. The van der Waals surface area contributed by atoms with Crippen LogP contribution >= 0.6 is 11.8 Å². The van der Waals surface area contributed by atoms with Gasteiger partial charge in [-0.3, -0.25) is 9.69 Å². The maximum atomic E-state index is 15.3. The van der Waals surface area contributed by atoms with Crippen LogP contribution in [0.15, 0.2) is 46.3 Å². The van der Waals surface area contributed by atoms with E-state index in [1.165, 1.54) is 11.8 Å². The van der Waals surface area contributed by atoms with Gasteiger partial charge in [-0.1, -0.05) is 6.92 Å². The van der Waals surface area contributed by atoms with Crippen molar-refractivity contribution >= 4 is 40.3 Å². The third-order valence-corrected chi connectivity index (χ3v) is 7.75. The molecule has 1 atom stereocenters. The molecule has 1 saturated heterocycles. The summed E-state index contributed by atoms with van der Waals surface area (Å²) in [5.41, 5.74) is 3.06. The van der Waals surface area contributed by atoms with Crippen LogP contribution in [0.3, 0.4) is 0 Å². The molecule has 0 bridgehead atoms. The fraction of sp³-hybridized carbons (Fsp3) is 0.407. The zero-order valence-electron chi connectivity index (χ0n) is 21.1. The Kier molecular flexibility index (Phi) is 7.24. The molecule has 6 nitrogen and oxygen atoms in total. The number of fused-ring (bicyclic) bond motifs is 1. The smallest absolute Gasteiger partial charge is 0.266 e. The number of carbonyl (C=O) groups is 1. The van der Waals surface area contributed by atoms with Gasteiger partial charge >= 0.3 is 0 Å². The van der Waals surface area contributed by atoms with Gasteiger partial charge < -0.3 is 14.4 Å². The Balaban J connectivity index is 1.69. The SMILES string of the molecule is COCCN1C(=O)/C(=C\c2cc3c(cc2F)N(C)C(C)(C)CC3C)SC1=Nc1ccc(OC)cc1. The number of hydrogen-bond donors (Lipinski definition) is 0. The number of amidine groups is 1. The van der Waals surface area contributed by atoms with Crippen molar-refractivity contribution in [1.29, 1.82) is 0 Å². The van der Waals surface area contributed by atoms with E-state index in [4.69, 9.17) is 9.47 Å². The largest absolute Gasteiger partial charge is 0.497 e. The number of thioether (sulfide) groups is 1. The highest BCUT2D eigenvalue weighted by Crippen LogP contribution is 2.44. The average molecular weight is 498 g/mol. The van der Waals surface area contributed by atoms with Crippen molar-refractivity contribution in [2.24, 2.45) is 4.99 Å². The molecule has 0 N–H and O–H groups in total. The highest BCUT2D eigenvalue weighted by atomic mass is 32.2. The highest BCUT2D eigenvalue weighted by molar-refractivity contribution is 8.18. The number of aliphatic imine (C=N–C) groups is 1. The maximum absolute atomic E-state index is 15.3. The molecule has 1 fully saturated rings. The number of anilines is 1. The number of ether oxygens (including phenoxy) is 2.